The maximum Gasteiger partial charge on any atom is 0.0721 e. The third kappa shape index (κ3) is 2.37. The first-order chi connectivity index (χ1) is 8.45. The SMILES string of the molecule is c1ccc2c(c1)COCC2N1CCCNCC1. The lowest BCUT2D eigenvalue weighted by molar-refractivity contribution is 0.0346. The van der Waals surface area contributed by atoms with Crippen molar-refractivity contribution >= 4 is 0 Å². The third-order valence-corrected chi connectivity index (χ3v) is 3.76. The molecule has 2 heterocycles. The maximum atomic E-state index is 5.74. The highest BCUT2D eigenvalue weighted by Crippen LogP contribution is 2.29. The summed E-state index contributed by atoms with van der Waals surface area (Å²) in [6, 6.07) is 9.17. The van der Waals surface area contributed by atoms with Crippen molar-refractivity contribution < 1.29 is 4.74 Å². The molecule has 1 fully saturated rings. The highest BCUT2D eigenvalue weighted by Gasteiger charge is 2.26. The van der Waals surface area contributed by atoms with E-state index in [4.69, 9.17) is 4.74 Å². The molecular formula is C14H20N2O. The van der Waals surface area contributed by atoms with Crippen LogP contribution in [-0.2, 0) is 11.3 Å². The molecule has 1 aromatic rings. The van der Waals surface area contributed by atoms with Crippen molar-refractivity contribution in [1.82, 2.24) is 10.2 Å². The highest BCUT2D eigenvalue weighted by molar-refractivity contribution is 5.31. The Bertz CT molecular complexity index is 372. The Labute approximate surface area is 103 Å². The van der Waals surface area contributed by atoms with Gasteiger partial charge in [-0.05, 0) is 24.1 Å². The number of hydrogen-bond donors (Lipinski definition) is 1. The van der Waals surface area contributed by atoms with Gasteiger partial charge in [-0.2, -0.15) is 0 Å². The summed E-state index contributed by atoms with van der Waals surface area (Å²) >= 11 is 0. The van der Waals surface area contributed by atoms with Crippen LogP contribution in [0.3, 0.4) is 0 Å². The van der Waals surface area contributed by atoms with Crippen LogP contribution in [0.2, 0.25) is 0 Å². The van der Waals surface area contributed by atoms with Gasteiger partial charge in [-0.3, -0.25) is 4.90 Å². The number of nitrogens with one attached hydrogen (secondary N) is 1. The fraction of sp³-hybridized carbons (Fsp3) is 0.571. The van der Waals surface area contributed by atoms with Gasteiger partial charge in [0.15, 0.2) is 0 Å². The van der Waals surface area contributed by atoms with Gasteiger partial charge in [0.1, 0.15) is 0 Å². The minimum absolute atomic E-state index is 0.458. The molecule has 0 aromatic heterocycles. The summed E-state index contributed by atoms with van der Waals surface area (Å²) in [4.78, 5) is 2.57. The number of nitrogens with zero attached hydrogens (tertiary/aromatic N) is 1. The van der Waals surface area contributed by atoms with E-state index in [9.17, 15) is 0 Å². The van der Waals surface area contributed by atoms with Gasteiger partial charge in [0.2, 0.25) is 0 Å². The number of fused-ring (bicyclic) bond motifs is 1. The van der Waals surface area contributed by atoms with Crippen LogP contribution in [0, 0.1) is 0 Å². The first-order valence-electron chi connectivity index (χ1n) is 6.55. The molecule has 3 rings (SSSR count). The minimum atomic E-state index is 0.458. The van der Waals surface area contributed by atoms with E-state index in [1.165, 1.54) is 24.1 Å². The van der Waals surface area contributed by atoms with E-state index in [0.717, 1.165) is 32.8 Å². The predicted octanol–water partition coefficient (Wildman–Crippen LogP) is 1.55. The summed E-state index contributed by atoms with van der Waals surface area (Å²) in [6.45, 7) is 6.16. The van der Waals surface area contributed by atoms with Gasteiger partial charge in [0.05, 0.1) is 19.3 Å². The molecule has 0 aliphatic carbocycles. The van der Waals surface area contributed by atoms with E-state index in [-0.39, 0.29) is 0 Å². The molecule has 1 unspecified atom stereocenters. The summed E-state index contributed by atoms with van der Waals surface area (Å²) in [5.74, 6) is 0. The second kappa shape index (κ2) is 5.17. The molecule has 2 aliphatic heterocycles. The number of hydrogen-bond acceptors (Lipinski definition) is 3. The molecule has 1 aromatic carbocycles. The molecule has 0 radical (unpaired) electrons. The molecule has 0 saturated carbocycles. The molecule has 1 atom stereocenters. The molecule has 0 spiro atoms. The Morgan fingerprint density at radius 3 is 3.12 bits per heavy atom. The van der Waals surface area contributed by atoms with Gasteiger partial charge < -0.3 is 10.1 Å². The van der Waals surface area contributed by atoms with E-state index in [1.807, 2.05) is 0 Å². The largest absolute Gasteiger partial charge is 0.375 e. The van der Waals surface area contributed by atoms with Crippen molar-refractivity contribution in [3.8, 4) is 0 Å². The minimum Gasteiger partial charge on any atom is -0.375 e. The predicted molar refractivity (Wildman–Crippen MR) is 67.9 cm³/mol. The van der Waals surface area contributed by atoms with Crippen molar-refractivity contribution in [1.29, 1.82) is 0 Å². The number of ether oxygens (including phenoxy) is 1. The van der Waals surface area contributed by atoms with Gasteiger partial charge >= 0.3 is 0 Å². The van der Waals surface area contributed by atoms with Crippen molar-refractivity contribution in [3.05, 3.63) is 35.4 Å². The number of rotatable bonds is 1. The second-order valence-electron chi connectivity index (χ2n) is 4.87. The first-order valence-corrected chi connectivity index (χ1v) is 6.55. The van der Waals surface area contributed by atoms with Crippen LogP contribution in [0.1, 0.15) is 23.6 Å². The van der Waals surface area contributed by atoms with E-state index < -0.39 is 0 Å². The summed E-state index contributed by atoms with van der Waals surface area (Å²) < 4.78 is 5.74. The van der Waals surface area contributed by atoms with Gasteiger partial charge in [-0.25, -0.2) is 0 Å². The van der Waals surface area contributed by atoms with Crippen LogP contribution in [0.15, 0.2) is 24.3 Å². The van der Waals surface area contributed by atoms with Crippen molar-refractivity contribution in [2.24, 2.45) is 0 Å². The molecule has 0 amide bonds. The Morgan fingerprint density at radius 2 is 2.12 bits per heavy atom. The normalized spacial score (nSPS) is 26.2. The van der Waals surface area contributed by atoms with Gasteiger partial charge in [0.25, 0.3) is 0 Å². The fourth-order valence-electron chi connectivity index (χ4n) is 2.84. The van der Waals surface area contributed by atoms with E-state index in [2.05, 4.69) is 34.5 Å². The van der Waals surface area contributed by atoms with Gasteiger partial charge in [-0.15, -0.1) is 0 Å². The zero-order chi connectivity index (χ0) is 11.5. The molecule has 3 heteroatoms. The monoisotopic (exact) mass is 232 g/mol. The summed E-state index contributed by atoms with van der Waals surface area (Å²) in [6.07, 6.45) is 1.23. The van der Waals surface area contributed by atoms with Crippen LogP contribution in [0.5, 0.6) is 0 Å². The third-order valence-electron chi connectivity index (χ3n) is 3.76. The molecule has 1 N–H and O–H groups in total. The average molecular weight is 232 g/mol. The zero-order valence-electron chi connectivity index (χ0n) is 10.2. The Hall–Kier alpha value is -0.900. The van der Waals surface area contributed by atoms with Crippen LogP contribution >= 0.6 is 0 Å². The summed E-state index contributed by atoms with van der Waals surface area (Å²) in [5, 5.41) is 3.46. The molecule has 0 bridgehead atoms. The number of benzene rings is 1. The maximum absolute atomic E-state index is 5.74. The quantitative estimate of drug-likeness (QED) is 0.795. The summed E-state index contributed by atoms with van der Waals surface area (Å²) in [7, 11) is 0. The Balaban J connectivity index is 1.83. The van der Waals surface area contributed by atoms with Crippen molar-refractivity contribution in [2.75, 3.05) is 32.8 Å². The molecule has 2 aliphatic rings. The standard InChI is InChI=1S/C14H20N2O/c1-2-5-13-12(4-1)10-17-11-14(13)16-8-3-6-15-7-9-16/h1-2,4-5,14-15H,3,6-11H2. The molecular weight excluding hydrogens is 212 g/mol. The zero-order valence-corrected chi connectivity index (χ0v) is 10.2. The smallest absolute Gasteiger partial charge is 0.0721 e. The topological polar surface area (TPSA) is 24.5 Å². The lowest BCUT2D eigenvalue weighted by atomic mass is 9.97. The van der Waals surface area contributed by atoms with Gasteiger partial charge in [-0.1, -0.05) is 24.3 Å². The lowest BCUT2D eigenvalue weighted by Gasteiger charge is -2.34. The molecule has 3 nitrogen and oxygen atoms in total. The Morgan fingerprint density at radius 1 is 1.18 bits per heavy atom. The first kappa shape index (κ1) is 11.2. The van der Waals surface area contributed by atoms with Crippen LogP contribution < -0.4 is 5.32 Å². The molecule has 17 heavy (non-hydrogen) atoms. The summed E-state index contributed by atoms with van der Waals surface area (Å²) in [5.41, 5.74) is 2.83. The van der Waals surface area contributed by atoms with Crippen LogP contribution in [-0.4, -0.2) is 37.7 Å². The second-order valence-corrected chi connectivity index (χ2v) is 4.87. The van der Waals surface area contributed by atoms with Crippen molar-refractivity contribution in [3.63, 3.8) is 0 Å². The van der Waals surface area contributed by atoms with Crippen molar-refractivity contribution in [2.45, 2.75) is 19.1 Å². The van der Waals surface area contributed by atoms with Crippen LogP contribution in [0.25, 0.3) is 0 Å². The fourth-order valence-corrected chi connectivity index (χ4v) is 2.84. The van der Waals surface area contributed by atoms with E-state index >= 15 is 0 Å². The van der Waals surface area contributed by atoms with Crippen LogP contribution in [0.4, 0.5) is 0 Å². The van der Waals surface area contributed by atoms with Gasteiger partial charge in [0, 0.05) is 19.6 Å². The highest BCUT2D eigenvalue weighted by atomic mass is 16.5. The van der Waals surface area contributed by atoms with E-state index in [0.29, 0.717) is 6.04 Å². The lowest BCUT2D eigenvalue weighted by Crippen LogP contribution is -2.37. The molecule has 1 saturated heterocycles. The Kier molecular flexibility index (Phi) is 3.41. The molecule has 92 valence electrons. The average Bonchev–Trinajstić information content (AvgIpc) is 2.67. The van der Waals surface area contributed by atoms with E-state index in [1.54, 1.807) is 0 Å².